The van der Waals surface area contributed by atoms with Crippen LogP contribution in [-0.2, 0) is 5.75 Å². The van der Waals surface area contributed by atoms with Crippen LogP contribution in [0.15, 0.2) is 28.0 Å². The number of aliphatic hydroxyl groups is 1. The Bertz CT molecular complexity index is 576. The maximum absolute atomic E-state index is 13.4. The molecule has 0 atom stereocenters. The SMILES string of the molecule is OCC#Cc1cc(F)cc(CSc2nncs2)c1. The van der Waals surface area contributed by atoms with Crippen LogP contribution in [0.1, 0.15) is 11.1 Å². The molecule has 1 N–H and O–H groups in total. The summed E-state index contributed by atoms with van der Waals surface area (Å²) in [4.78, 5) is 0. The van der Waals surface area contributed by atoms with E-state index in [2.05, 4.69) is 22.0 Å². The molecule has 92 valence electrons. The number of benzene rings is 1. The van der Waals surface area contributed by atoms with Gasteiger partial charge in [-0.15, -0.1) is 10.2 Å². The van der Waals surface area contributed by atoms with Crippen molar-refractivity contribution in [2.75, 3.05) is 6.61 Å². The summed E-state index contributed by atoms with van der Waals surface area (Å²) in [6.45, 7) is -0.231. The predicted octanol–water partition coefficient (Wildman–Crippen LogP) is 2.31. The lowest BCUT2D eigenvalue weighted by Gasteiger charge is -2.01. The summed E-state index contributed by atoms with van der Waals surface area (Å²) >= 11 is 2.95. The highest BCUT2D eigenvalue weighted by molar-refractivity contribution is 8.00. The van der Waals surface area contributed by atoms with E-state index in [0.717, 1.165) is 9.90 Å². The smallest absolute Gasteiger partial charge is 0.174 e. The van der Waals surface area contributed by atoms with Crippen molar-refractivity contribution in [2.45, 2.75) is 10.1 Å². The Morgan fingerprint density at radius 3 is 3.00 bits per heavy atom. The van der Waals surface area contributed by atoms with E-state index >= 15 is 0 Å². The van der Waals surface area contributed by atoms with Crippen molar-refractivity contribution in [3.63, 3.8) is 0 Å². The summed E-state index contributed by atoms with van der Waals surface area (Å²) in [6, 6.07) is 4.62. The van der Waals surface area contributed by atoms with E-state index in [9.17, 15) is 4.39 Å². The molecule has 0 fully saturated rings. The fourth-order valence-electron chi connectivity index (χ4n) is 1.32. The van der Waals surface area contributed by atoms with E-state index in [1.54, 1.807) is 11.6 Å². The number of rotatable bonds is 3. The lowest BCUT2D eigenvalue weighted by molar-refractivity contribution is 0.350. The Morgan fingerprint density at radius 1 is 1.39 bits per heavy atom. The van der Waals surface area contributed by atoms with Gasteiger partial charge >= 0.3 is 0 Å². The molecule has 0 aliphatic heterocycles. The van der Waals surface area contributed by atoms with Gasteiger partial charge in [0, 0.05) is 11.3 Å². The zero-order chi connectivity index (χ0) is 12.8. The molecular weight excluding hydrogens is 271 g/mol. The first kappa shape index (κ1) is 13.0. The third-order valence-electron chi connectivity index (χ3n) is 1.97. The number of thioether (sulfide) groups is 1. The van der Waals surface area contributed by atoms with Gasteiger partial charge in [0.15, 0.2) is 4.34 Å². The minimum absolute atomic E-state index is 0.231. The van der Waals surface area contributed by atoms with Crippen molar-refractivity contribution in [1.82, 2.24) is 10.2 Å². The zero-order valence-corrected chi connectivity index (χ0v) is 10.9. The maximum Gasteiger partial charge on any atom is 0.174 e. The molecular formula is C12H9FN2OS2. The normalized spacial score (nSPS) is 9.89. The predicted molar refractivity (Wildman–Crippen MR) is 69.8 cm³/mol. The Morgan fingerprint density at radius 2 is 2.28 bits per heavy atom. The van der Waals surface area contributed by atoms with Gasteiger partial charge in [0.25, 0.3) is 0 Å². The largest absolute Gasteiger partial charge is 0.384 e. The van der Waals surface area contributed by atoms with Crippen LogP contribution in [0.25, 0.3) is 0 Å². The molecule has 1 aromatic carbocycles. The molecule has 0 saturated carbocycles. The molecule has 3 nitrogen and oxygen atoms in total. The van der Waals surface area contributed by atoms with E-state index in [1.807, 2.05) is 0 Å². The second-order valence-corrected chi connectivity index (χ2v) is 5.36. The average molecular weight is 280 g/mol. The highest BCUT2D eigenvalue weighted by Crippen LogP contribution is 2.24. The van der Waals surface area contributed by atoms with Crippen molar-refractivity contribution in [2.24, 2.45) is 0 Å². The summed E-state index contributed by atoms with van der Waals surface area (Å²) in [6.07, 6.45) is 0. The number of aromatic nitrogens is 2. The number of hydrogen-bond donors (Lipinski definition) is 1. The van der Waals surface area contributed by atoms with Crippen molar-refractivity contribution in [3.05, 3.63) is 40.7 Å². The topological polar surface area (TPSA) is 46.0 Å². The summed E-state index contributed by atoms with van der Waals surface area (Å²) in [5, 5.41) is 16.2. The fraction of sp³-hybridized carbons (Fsp3) is 0.167. The van der Waals surface area contributed by atoms with Crippen LogP contribution in [0.5, 0.6) is 0 Å². The Hall–Kier alpha value is -1.42. The van der Waals surface area contributed by atoms with Crippen molar-refractivity contribution in [1.29, 1.82) is 0 Å². The number of hydrogen-bond acceptors (Lipinski definition) is 5. The van der Waals surface area contributed by atoms with Gasteiger partial charge in [0.05, 0.1) is 0 Å². The van der Waals surface area contributed by atoms with Gasteiger partial charge in [-0.05, 0) is 23.8 Å². The summed E-state index contributed by atoms with van der Waals surface area (Å²) in [5.74, 6) is 5.48. The van der Waals surface area contributed by atoms with E-state index in [1.165, 1.54) is 35.2 Å². The van der Waals surface area contributed by atoms with Gasteiger partial charge < -0.3 is 5.11 Å². The Labute approximate surface area is 112 Å². The summed E-state index contributed by atoms with van der Waals surface area (Å²) in [7, 11) is 0. The quantitative estimate of drug-likeness (QED) is 0.692. The van der Waals surface area contributed by atoms with Gasteiger partial charge in [0.1, 0.15) is 17.9 Å². The van der Waals surface area contributed by atoms with Gasteiger partial charge in [0.2, 0.25) is 0 Å². The molecule has 2 aromatic rings. The first-order valence-electron chi connectivity index (χ1n) is 5.06. The second-order valence-electron chi connectivity index (χ2n) is 3.30. The molecule has 1 heterocycles. The molecule has 1 aromatic heterocycles. The van der Waals surface area contributed by atoms with Crippen molar-refractivity contribution >= 4 is 23.1 Å². The molecule has 0 saturated heterocycles. The standard InChI is InChI=1S/C12H9FN2OS2/c13-11-5-9(2-1-3-16)4-10(6-11)7-17-12-15-14-8-18-12/h4-6,8,16H,3,7H2. The average Bonchev–Trinajstić information content (AvgIpc) is 2.86. The molecule has 0 amide bonds. The van der Waals surface area contributed by atoms with E-state index in [0.29, 0.717) is 11.3 Å². The minimum Gasteiger partial charge on any atom is -0.384 e. The van der Waals surface area contributed by atoms with Crippen LogP contribution < -0.4 is 0 Å². The van der Waals surface area contributed by atoms with Gasteiger partial charge in [-0.2, -0.15) is 0 Å². The highest BCUT2D eigenvalue weighted by atomic mass is 32.2. The van der Waals surface area contributed by atoms with Crippen LogP contribution >= 0.6 is 23.1 Å². The lowest BCUT2D eigenvalue weighted by Crippen LogP contribution is -1.87. The number of aliphatic hydroxyl groups excluding tert-OH is 1. The van der Waals surface area contributed by atoms with E-state index < -0.39 is 0 Å². The van der Waals surface area contributed by atoms with Crippen molar-refractivity contribution in [3.8, 4) is 11.8 Å². The molecule has 0 radical (unpaired) electrons. The minimum atomic E-state index is -0.326. The molecule has 18 heavy (non-hydrogen) atoms. The van der Waals surface area contributed by atoms with Crippen LogP contribution in [0.3, 0.4) is 0 Å². The molecule has 0 bridgehead atoms. The van der Waals surface area contributed by atoms with E-state index in [4.69, 9.17) is 5.11 Å². The van der Waals surface area contributed by atoms with Crippen LogP contribution in [0.2, 0.25) is 0 Å². The summed E-state index contributed by atoms with van der Waals surface area (Å²) in [5.41, 5.74) is 3.06. The highest BCUT2D eigenvalue weighted by Gasteiger charge is 2.02. The molecule has 0 unspecified atom stereocenters. The molecule has 2 rings (SSSR count). The second kappa shape index (κ2) is 6.50. The summed E-state index contributed by atoms with van der Waals surface area (Å²) < 4.78 is 14.2. The lowest BCUT2D eigenvalue weighted by atomic mass is 10.1. The van der Waals surface area contributed by atoms with Crippen molar-refractivity contribution < 1.29 is 9.50 Å². The Kier molecular flexibility index (Phi) is 4.70. The molecule has 0 aliphatic carbocycles. The van der Waals surface area contributed by atoms with E-state index in [-0.39, 0.29) is 12.4 Å². The number of halogens is 1. The fourth-order valence-corrected chi connectivity index (χ4v) is 2.74. The first-order chi connectivity index (χ1) is 8.78. The third kappa shape index (κ3) is 3.81. The monoisotopic (exact) mass is 280 g/mol. The zero-order valence-electron chi connectivity index (χ0n) is 9.26. The molecule has 0 spiro atoms. The maximum atomic E-state index is 13.4. The van der Waals surface area contributed by atoms with Crippen LogP contribution in [-0.4, -0.2) is 21.9 Å². The van der Waals surface area contributed by atoms with Crippen LogP contribution in [0, 0.1) is 17.7 Å². The van der Waals surface area contributed by atoms with Gasteiger partial charge in [-0.3, -0.25) is 0 Å². The molecule has 0 aliphatic rings. The van der Waals surface area contributed by atoms with Gasteiger partial charge in [-0.1, -0.05) is 34.9 Å². The van der Waals surface area contributed by atoms with Crippen LogP contribution in [0.4, 0.5) is 4.39 Å². The first-order valence-corrected chi connectivity index (χ1v) is 6.92. The third-order valence-corrected chi connectivity index (χ3v) is 3.90. The Balaban J connectivity index is 2.10. The van der Waals surface area contributed by atoms with Gasteiger partial charge in [-0.25, -0.2) is 4.39 Å². The molecule has 6 heteroatoms. The number of nitrogens with zero attached hydrogens (tertiary/aromatic N) is 2.